The maximum atomic E-state index is 12.3. The van der Waals surface area contributed by atoms with Gasteiger partial charge < -0.3 is 9.47 Å². The van der Waals surface area contributed by atoms with Crippen LogP contribution in [-0.4, -0.2) is 19.2 Å². The van der Waals surface area contributed by atoms with E-state index in [1.165, 1.54) is 19.3 Å². The van der Waals surface area contributed by atoms with Crippen molar-refractivity contribution in [2.24, 2.45) is 0 Å². The van der Waals surface area contributed by atoms with Crippen molar-refractivity contribution in [3.63, 3.8) is 0 Å². The molecule has 1 atom stereocenters. The number of esters is 1. The highest BCUT2D eigenvalue weighted by Crippen LogP contribution is 2.22. The summed E-state index contributed by atoms with van der Waals surface area (Å²) in [7, 11) is 1.65. The van der Waals surface area contributed by atoms with Crippen molar-refractivity contribution in [3.05, 3.63) is 42.0 Å². The van der Waals surface area contributed by atoms with Crippen molar-refractivity contribution < 1.29 is 14.3 Å². The lowest BCUT2D eigenvalue weighted by Gasteiger charge is -2.13. The lowest BCUT2D eigenvalue weighted by Crippen LogP contribution is -2.15. The van der Waals surface area contributed by atoms with Gasteiger partial charge in [-0.25, -0.2) is 4.79 Å². The first-order chi connectivity index (χ1) is 11.1. The van der Waals surface area contributed by atoms with Gasteiger partial charge >= 0.3 is 5.97 Å². The molecule has 0 fully saturated rings. The second-order valence-electron chi connectivity index (χ2n) is 5.99. The van der Waals surface area contributed by atoms with Gasteiger partial charge in [0.25, 0.3) is 0 Å². The zero-order valence-corrected chi connectivity index (χ0v) is 14.3. The number of unbranched alkanes of at least 4 members (excludes halogenated alkanes) is 3. The highest BCUT2D eigenvalue weighted by Gasteiger charge is 2.12. The van der Waals surface area contributed by atoms with E-state index in [4.69, 9.17) is 9.47 Å². The van der Waals surface area contributed by atoms with E-state index in [2.05, 4.69) is 6.92 Å². The molecule has 0 aliphatic heterocycles. The Morgan fingerprint density at radius 3 is 2.52 bits per heavy atom. The summed E-state index contributed by atoms with van der Waals surface area (Å²) in [6.07, 6.45) is 5.67. The van der Waals surface area contributed by atoms with Crippen molar-refractivity contribution in [3.8, 4) is 5.75 Å². The van der Waals surface area contributed by atoms with E-state index in [0.29, 0.717) is 5.56 Å². The summed E-state index contributed by atoms with van der Waals surface area (Å²) < 4.78 is 10.8. The van der Waals surface area contributed by atoms with Crippen LogP contribution < -0.4 is 4.74 Å². The molecule has 0 aliphatic rings. The van der Waals surface area contributed by atoms with Crippen molar-refractivity contribution >= 4 is 16.7 Å². The molecule has 0 amide bonds. The lowest BCUT2D eigenvalue weighted by atomic mass is 10.1. The molecule has 124 valence electrons. The summed E-state index contributed by atoms with van der Waals surface area (Å²) >= 11 is 0. The average molecular weight is 314 g/mol. The van der Waals surface area contributed by atoms with Gasteiger partial charge in [-0.3, -0.25) is 0 Å². The Hall–Kier alpha value is -2.03. The number of benzene rings is 2. The van der Waals surface area contributed by atoms with Crippen LogP contribution >= 0.6 is 0 Å². The molecule has 0 saturated heterocycles. The summed E-state index contributed by atoms with van der Waals surface area (Å²) in [6.45, 7) is 4.16. The third-order valence-electron chi connectivity index (χ3n) is 4.06. The molecule has 2 aromatic rings. The van der Waals surface area contributed by atoms with Crippen molar-refractivity contribution in [1.82, 2.24) is 0 Å². The van der Waals surface area contributed by atoms with E-state index in [0.717, 1.165) is 29.4 Å². The molecule has 0 radical (unpaired) electrons. The van der Waals surface area contributed by atoms with Crippen LogP contribution in [0.2, 0.25) is 0 Å². The molecule has 0 aromatic heterocycles. The molecule has 2 rings (SSSR count). The standard InChI is InChI=1S/C20H26O3/c1-4-5-6-7-8-15(2)23-20(21)18-10-9-17-14-19(22-3)12-11-16(17)13-18/h9-15H,4-8H2,1-3H3. The molecular formula is C20H26O3. The van der Waals surface area contributed by atoms with E-state index >= 15 is 0 Å². The highest BCUT2D eigenvalue weighted by atomic mass is 16.5. The molecule has 3 heteroatoms. The number of methoxy groups -OCH3 is 1. The molecule has 0 aliphatic carbocycles. The van der Waals surface area contributed by atoms with Crippen LogP contribution in [0, 0.1) is 0 Å². The predicted molar refractivity (Wildman–Crippen MR) is 94.1 cm³/mol. The van der Waals surface area contributed by atoms with E-state index < -0.39 is 0 Å². The van der Waals surface area contributed by atoms with Gasteiger partial charge in [-0.15, -0.1) is 0 Å². The monoisotopic (exact) mass is 314 g/mol. The molecular weight excluding hydrogens is 288 g/mol. The summed E-state index contributed by atoms with van der Waals surface area (Å²) in [5, 5.41) is 2.06. The third-order valence-corrected chi connectivity index (χ3v) is 4.06. The first-order valence-corrected chi connectivity index (χ1v) is 8.43. The molecule has 0 N–H and O–H groups in total. The van der Waals surface area contributed by atoms with Crippen molar-refractivity contribution in [2.45, 2.75) is 52.1 Å². The Morgan fingerprint density at radius 1 is 1.04 bits per heavy atom. The van der Waals surface area contributed by atoms with Crippen molar-refractivity contribution in [2.75, 3.05) is 7.11 Å². The van der Waals surface area contributed by atoms with Gasteiger partial charge in [-0.05, 0) is 54.8 Å². The van der Waals surface area contributed by atoms with Gasteiger partial charge in [0.1, 0.15) is 5.75 Å². The van der Waals surface area contributed by atoms with Gasteiger partial charge in [-0.2, -0.15) is 0 Å². The van der Waals surface area contributed by atoms with Crippen LogP contribution in [0.1, 0.15) is 56.3 Å². The summed E-state index contributed by atoms with van der Waals surface area (Å²) in [5.41, 5.74) is 0.600. The SMILES string of the molecule is CCCCCCC(C)OC(=O)c1ccc2cc(OC)ccc2c1. The smallest absolute Gasteiger partial charge is 0.338 e. The summed E-state index contributed by atoms with van der Waals surface area (Å²) in [5.74, 6) is 0.569. The van der Waals surface area contributed by atoms with E-state index in [-0.39, 0.29) is 12.1 Å². The van der Waals surface area contributed by atoms with Crippen molar-refractivity contribution in [1.29, 1.82) is 0 Å². The summed E-state index contributed by atoms with van der Waals surface area (Å²) in [4.78, 5) is 12.3. The molecule has 2 aromatic carbocycles. The minimum absolute atomic E-state index is 0.0362. The largest absolute Gasteiger partial charge is 0.497 e. The van der Waals surface area contributed by atoms with Gasteiger partial charge in [0.2, 0.25) is 0 Å². The minimum Gasteiger partial charge on any atom is -0.497 e. The number of hydrogen-bond acceptors (Lipinski definition) is 3. The first-order valence-electron chi connectivity index (χ1n) is 8.43. The number of carbonyl (C=O) groups is 1. The molecule has 1 unspecified atom stereocenters. The molecule has 23 heavy (non-hydrogen) atoms. The van der Waals surface area contributed by atoms with Gasteiger partial charge in [0.05, 0.1) is 18.8 Å². The van der Waals surface area contributed by atoms with Crippen LogP contribution in [-0.2, 0) is 4.74 Å². The zero-order chi connectivity index (χ0) is 16.7. The van der Waals surface area contributed by atoms with E-state index in [1.54, 1.807) is 7.11 Å². The van der Waals surface area contributed by atoms with Crippen LogP contribution in [0.3, 0.4) is 0 Å². The molecule has 0 saturated carbocycles. The van der Waals surface area contributed by atoms with Gasteiger partial charge in [-0.1, -0.05) is 38.3 Å². The molecule has 0 heterocycles. The third kappa shape index (κ3) is 4.98. The first kappa shape index (κ1) is 17.3. The van der Waals surface area contributed by atoms with Crippen LogP contribution in [0.4, 0.5) is 0 Å². The normalized spacial score (nSPS) is 12.1. The fourth-order valence-electron chi connectivity index (χ4n) is 2.65. The quantitative estimate of drug-likeness (QED) is 0.486. The van der Waals surface area contributed by atoms with Crippen LogP contribution in [0.25, 0.3) is 10.8 Å². The second kappa shape index (κ2) is 8.56. The minimum atomic E-state index is -0.245. The topological polar surface area (TPSA) is 35.5 Å². The molecule has 3 nitrogen and oxygen atoms in total. The maximum Gasteiger partial charge on any atom is 0.338 e. The Morgan fingerprint density at radius 2 is 1.78 bits per heavy atom. The number of rotatable bonds is 8. The fraction of sp³-hybridized carbons (Fsp3) is 0.450. The predicted octanol–water partition coefficient (Wildman–Crippen LogP) is 5.36. The number of hydrogen-bond donors (Lipinski definition) is 0. The van der Waals surface area contributed by atoms with Crippen LogP contribution in [0.15, 0.2) is 36.4 Å². The number of fused-ring (bicyclic) bond motifs is 1. The van der Waals surface area contributed by atoms with Gasteiger partial charge in [0.15, 0.2) is 0 Å². The van der Waals surface area contributed by atoms with E-state index in [9.17, 15) is 4.79 Å². The Bertz CT molecular complexity index is 648. The Balaban J connectivity index is 1.97. The van der Waals surface area contributed by atoms with Crippen LogP contribution in [0.5, 0.6) is 5.75 Å². The zero-order valence-electron chi connectivity index (χ0n) is 14.3. The lowest BCUT2D eigenvalue weighted by molar-refractivity contribution is 0.0319. The summed E-state index contributed by atoms with van der Waals surface area (Å²) in [6, 6.07) is 11.4. The number of ether oxygens (including phenoxy) is 2. The maximum absolute atomic E-state index is 12.3. The van der Waals surface area contributed by atoms with Gasteiger partial charge in [0, 0.05) is 0 Å². The molecule has 0 spiro atoms. The fourth-order valence-corrected chi connectivity index (χ4v) is 2.65. The average Bonchev–Trinajstić information content (AvgIpc) is 2.57. The molecule has 0 bridgehead atoms. The second-order valence-corrected chi connectivity index (χ2v) is 5.99. The Kier molecular flexibility index (Phi) is 6.45. The Labute approximate surface area is 138 Å². The van der Waals surface area contributed by atoms with E-state index in [1.807, 2.05) is 43.3 Å². The highest BCUT2D eigenvalue weighted by molar-refractivity contribution is 5.95. The number of carbonyl (C=O) groups excluding carboxylic acids is 1.